The molecule has 0 fully saturated rings. The van der Waals surface area contributed by atoms with Crippen molar-refractivity contribution in [1.82, 2.24) is 14.5 Å². The van der Waals surface area contributed by atoms with Crippen LogP contribution in [0.2, 0.25) is 0 Å². The first kappa shape index (κ1) is 21.4. The zero-order chi connectivity index (χ0) is 22.1. The summed E-state index contributed by atoms with van der Waals surface area (Å²) in [5, 5.41) is 12.9. The number of aromatic nitrogens is 3. The third kappa shape index (κ3) is 5.00. The molecule has 0 amide bonds. The Morgan fingerprint density at radius 1 is 1.27 bits per heavy atom. The number of hydrogen-bond donors (Lipinski definition) is 2. The van der Waals surface area contributed by atoms with Gasteiger partial charge in [-0.2, -0.15) is 4.98 Å². The Balaban J connectivity index is 1.83. The van der Waals surface area contributed by atoms with E-state index in [2.05, 4.69) is 36.1 Å². The van der Waals surface area contributed by atoms with E-state index in [1.54, 1.807) is 22.9 Å². The second-order valence-electron chi connectivity index (χ2n) is 8.66. The van der Waals surface area contributed by atoms with E-state index >= 15 is 0 Å². The average Bonchev–Trinajstić information content (AvgIpc) is 2.63. The van der Waals surface area contributed by atoms with Gasteiger partial charge in [0.05, 0.1) is 5.56 Å². The molecule has 3 aromatic rings. The molecule has 2 heterocycles. The summed E-state index contributed by atoms with van der Waals surface area (Å²) in [4.78, 5) is 32.2. The topological polar surface area (TPSA) is 97.1 Å². The molecule has 0 aliphatic rings. The highest BCUT2D eigenvalue weighted by Crippen LogP contribution is 2.19. The lowest BCUT2D eigenvalue weighted by molar-refractivity contribution is 0.0692. The molecule has 0 spiro atoms. The van der Waals surface area contributed by atoms with Crippen molar-refractivity contribution < 1.29 is 14.3 Å². The van der Waals surface area contributed by atoms with Crippen LogP contribution in [0.3, 0.4) is 0 Å². The third-order valence-electron chi connectivity index (χ3n) is 4.54. The first-order valence-electron chi connectivity index (χ1n) is 9.68. The number of fused-ring (bicyclic) bond motifs is 1. The Labute approximate surface area is 173 Å². The average molecular weight is 412 g/mol. The predicted molar refractivity (Wildman–Crippen MR) is 113 cm³/mol. The van der Waals surface area contributed by atoms with Crippen LogP contribution in [0.4, 0.5) is 10.3 Å². The summed E-state index contributed by atoms with van der Waals surface area (Å²) < 4.78 is 15.6. The molecule has 30 heavy (non-hydrogen) atoms. The Hall–Kier alpha value is -3.29. The third-order valence-corrected chi connectivity index (χ3v) is 4.54. The van der Waals surface area contributed by atoms with Crippen LogP contribution in [-0.4, -0.2) is 31.7 Å². The fourth-order valence-corrected chi connectivity index (χ4v) is 3.25. The van der Waals surface area contributed by atoms with Crippen molar-refractivity contribution in [2.75, 3.05) is 5.32 Å². The second kappa shape index (κ2) is 8.22. The SMILES string of the molecule is C[C@@H](Cc1ccc(C(=O)O)c(F)c1)Nc1ncc2ccc(=O)n(CC(C)(C)C)c2n1. The number of aromatic carboxylic acids is 1. The minimum Gasteiger partial charge on any atom is -0.478 e. The molecule has 158 valence electrons. The normalized spacial score (nSPS) is 12.7. The number of benzene rings is 1. The molecule has 1 aromatic carbocycles. The maximum Gasteiger partial charge on any atom is 0.338 e. The smallest absolute Gasteiger partial charge is 0.338 e. The van der Waals surface area contributed by atoms with Gasteiger partial charge in [-0.15, -0.1) is 0 Å². The van der Waals surface area contributed by atoms with Crippen LogP contribution in [-0.2, 0) is 13.0 Å². The maximum absolute atomic E-state index is 13.9. The maximum atomic E-state index is 13.9. The van der Waals surface area contributed by atoms with Crippen molar-refractivity contribution in [3.8, 4) is 0 Å². The first-order chi connectivity index (χ1) is 14.0. The number of carboxylic acid groups (broad SMARTS) is 1. The Morgan fingerprint density at radius 3 is 2.63 bits per heavy atom. The van der Waals surface area contributed by atoms with Crippen molar-refractivity contribution in [1.29, 1.82) is 0 Å². The molecule has 3 rings (SSSR count). The lowest BCUT2D eigenvalue weighted by Crippen LogP contribution is -2.27. The molecule has 8 heteroatoms. The number of pyridine rings is 1. The van der Waals surface area contributed by atoms with Gasteiger partial charge in [0.1, 0.15) is 11.5 Å². The van der Waals surface area contributed by atoms with E-state index in [4.69, 9.17) is 5.11 Å². The minimum absolute atomic E-state index is 0.101. The van der Waals surface area contributed by atoms with Gasteiger partial charge in [0.25, 0.3) is 5.56 Å². The Morgan fingerprint density at radius 2 is 2.00 bits per heavy atom. The fourth-order valence-electron chi connectivity index (χ4n) is 3.25. The standard InChI is InChI=1S/C22H25FN4O3/c1-13(9-14-5-7-16(20(29)30)17(23)10-14)25-21-24-11-15-6-8-18(28)27(19(15)26-21)12-22(2,3)4/h5-8,10-11,13H,9,12H2,1-4H3,(H,29,30)(H,24,25,26)/t13-/m0/s1. The number of rotatable bonds is 6. The van der Waals surface area contributed by atoms with E-state index < -0.39 is 11.8 Å². The van der Waals surface area contributed by atoms with Gasteiger partial charge in [0.15, 0.2) is 0 Å². The number of anilines is 1. The highest BCUT2D eigenvalue weighted by molar-refractivity contribution is 5.87. The molecule has 0 aliphatic carbocycles. The van der Waals surface area contributed by atoms with Crippen molar-refractivity contribution >= 4 is 23.0 Å². The number of nitrogens with zero attached hydrogens (tertiary/aromatic N) is 3. The lowest BCUT2D eigenvalue weighted by atomic mass is 9.97. The number of nitrogens with one attached hydrogen (secondary N) is 1. The van der Waals surface area contributed by atoms with E-state index in [1.165, 1.54) is 18.2 Å². The first-order valence-corrected chi connectivity index (χ1v) is 9.68. The van der Waals surface area contributed by atoms with Crippen LogP contribution in [0.15, 0.2) is 41.3 Å². The van der Waals surface area contributed by atoms with Crippen LogP contribution in [0.5, 0.6) is 0 Å². The van der Waals surface area contributed by atoms with Gasteiger partial charge in [0, 0.05) is 30.2 Å². The van der Waals surface area contributed by atoms with Crippen LogP contribution < -0.4 is 10.9 Å². The molecular formula is C22H25FN4O3. The molecule has 0 saturated heterocycles. The summed E-state index contributed by atoms with van der Waals surface area (Å²) >= 11 is 0. The van der Waals surface area contributed by atoms with Crippen molar-refractivity contribution in [2.45, 2.75) is 46.7 Å². The lowest BCUT2D eigenvalue weighted by Gasteiger charge is -2.21. The van der Waals surface area contributed by atoms with Gasteiger partial charge in [-0.1, -0.05) is 26.8 Å². The molecule has 2 aromatic heterocycles. The Kier molecular flexibility index (Phi) is 5.87. The van der Waals surface area contributed by atoms with Gasteiger partial charge < -0.3 is 10.4 Å². The summed E-state index contributed by atoms with van der Waals surface area (Å²) in [5.74, 6) is -1.69. The van der Waals surface area contributed by atoms with Crippen LogP contribution >= 0.6 is 0 Å². The number of halogens is 1. The van der Waals surface area contributed by atoms with Crippen molar-refractivity contribution in [3.05, 3.63) is 63.8 Å². The van der Waals surface area contributed by atoms with Crippen LogP contribution in [0, 0.1) is 11.2 Å². The van der Waals surface area contributed by atoms with Gasteiger partial charge in [-0.05, 0) is 42.5 Å². The molecule has 7 nitrogen and oxygen atoms in total. The fraction of sp³-hybridized carbons (Fsp3) is 0.364. The summed E-state index contributed by atoms with van der Waals surface area (Å²) in [7, 11) is 0. The van der Waals surface area contributed by atoms with Crippen molar-refractivity contribution in [2.24, 2.45) is 5.41 Å². The monoisotopic (exact) mass is 412 g/mol. The quantitative estimate of drug-likeness (QED) is 0.641. The molecule has 0 saturated carbocycles. The molecule has 0 unspecified atom stereocenters. The summed E-state index contributed by atoms with van der Waals surface area (Å²) in [6.45, 7) is 8.56. The molecule has 0 bridgehead atoms. The number of hydrogen-bond acceptors (Lipinski definition) is 5. The molecular weight excluding hydrogens is 387 g/mol. The van der Waals surface area contributed by atoms with E-state index in [1.807, 2.05) is 6.92 Å². The zero-order valence-electron chi connectivity index (χ0n) is 17.4. The van der Waals surface area contributed by atoms with Gasteiger partial charge in [0.2, 0.25) is 5.95 Å². The highest BCUT2D eigenvalue weighted by atomic mass is 19.1. The summed E-state index contributed by atoms with van der Waals surface area (Å²) in [6, 6.07) is 7.15. The largest absolute Gasteiger partial charge is 0.478 e. The Bertz CT molecular complexity index is 1150. The van der Waals surface area contributed by atoms with E-state index in [0.717, 1.165) is 5.39 Å². The zero-order valence-corrected chi connectivity index (χ0v) is 17.4. The second-order valence-corrected chi connectivity index (χ2v) is 8.66. The van der Waals surface area contributed by atoms with E-state index in [-0.39, 0.29) is 22.6 Å². The summed E-state index contributed by atoms with van der Waals surface area (Å²) in [6.07, 6.45) is 2.11. The minimum atomic E-state index is -1.30. The van der Waals surface area contributed by atoms with Gasteiger partial charge in [-0.3, -0.25) is 9.36 Å². The highest BCUT2D eigenvalue weighted by Gasteiger charge is 2.16. The van der Waals surface area contributed by atoms with Crippen LogP contribution in [0.1, 0.15) is 43.6 Å². The van der Waals surface area contributed by atoms with E-state index in [9.17, 15) is 14.0 Å². The van der Waals surface area contributed by atoms with Crippen molar-refractivity contribution in [3.63, 3.8) is 0 Å². The number of carbonyl (C=O) groups is 1. The molecule has 2 N–H and O–H groups in total. The summed E-state index contributed by atoms with van der Waals surface area (Å²) in [5.41, 5.74) is 0.635. The molecule has 0 radical (unpaired) electrons. The molecule has 0 aliphatic heterocycles. The van der Waals surface area contributed by atoms with Gasteiger partial charge >= 0.3 is 5.97 Å². The predicted octanol–water partition coefficient (Wildman–Crippen LogP) is 3.72. The van der Waals surface area contributed by atoms with Crippen LogP contribution in [0.25, 0.3) is 11.0 Å². The van der Waals surface area contributed by atoms with E-state index in [0.29, 0.717) is 30.1 Å². The number of carboxylic acids is 1. The van der Waals surface area contributed by atoms with Gasteiger partial charge in [-0.25, -0.2) is 14.2 Å². The molecule has 1 atom stereocenters.